The first-order chi connectivity index (χ1) is 11.8. The molecule has 138 valence electrons. The lowest BCUT2D eigenvalue weighted by molar-refractivity contribution is 0.281. The van der Waals surface area contributed by atoms with Crippen LogP contribution in [0, 0.1) is 0 Å². The molecule has 0 radical (unpaired) electrons. The van der Waals surface area contributed by atoms with Crippen LogP contribution in [0.25, 0.3) is 0 Å². The molecular formula is C18H32N2O4. The van der Waals surface area contributed by atoms with Crippen molar-refractivity contribution >= 4 is 11.4 Å². The third kappa shape index (κ3) is 7.49. The van der Waals surface area contributed by atoms with Gasteiger partial charge in [-0.05, 0) is 49.9 Å². The van der Waals surface area contributed by atoms with Crippen molar-refractivity contribution in [3.63, 3.8) is 0 Å². The van der Waals surface area contributed by atoms with Crippen molar-refractivity contribution < 1.29 is 20.4 Å². The maximum absolute atomic E-state index is 9.05. The van der Waals surface area contributed by atoms with Gasteiger partial charge in [-0.1, -0.05) is 0 Å². The molecule has 24 heavy (non-hydrogen) atoms. The van der Waals surface area contributed by atoms with Crippen LogP contribution < -0.4 is 9.80 Å². The average Bonchev–Trinajstić information content (AvgIpc) is 2.62. The Morgan fingerprint density at radius 2 is 0.750 bits per heavy atom. The predicted octanol–water partition coefficient (Wildman–Crippen LogP) is 0.829. The van der Waals surface area contributed by atoms with Crippen molar-refractivity contribution in [3.8, 4) is 0 Å². The van der Waals surface area contributed by atoms with E-state index >= 15 is 0 Å². The van der Waals surface area contributed by atoms with Gasteiger partial charge in [0, 0.05) is 64.0 Å². The summed E-state index contributed by atoms with van der Waals surface area (Å²) in [5.41, 5.74) is 2.15. The molecule has 1 aromatic carbocycles. The second-order valence-electron chi connectivity index (χ2n) is 5.80. The molecule has 0 aliphatic heterocycles. The highest BCUT2D eigenvalue weighted by Gasteiger charge is 2.09. The zero-order valence-corrected chi connectivity index (χ0v) is 14.5. The topological polar surface area (TPSA) is 87.4 Å². The Bertz CT molecular complexity index is 359. The minimum absolute atomic E-state index is 0.157. The summed E-state index contributed by atoms with van der Waals surface area (Å²) < 4.78 is 0. The molecule has 0 unspecified atom stereocenters. The lowest BCUT2D eigenvalue weighted by atomic mass is 10.2. The molecule has 6 nitrogen and oxygen atoms in total. The van der Waals surface area contributed by atoms with Gasteiger partial charge in [0.25, 0.3) is 0 Å². The van der Waals surface area contributed by atoms with Crippen LogP contribution in [0.15, 0.2) is 24.3 Å². The summed E-state index contributed by atoms with van der Waals surface area (Å²) in [7, 11) is 0. The van der Waals surface area contributed by atoms with Crippen molar-refractivity contribution in [1.29, 1.82) is 0 Å². The number of aliphatic hydroxyl groups excluding tert-OH is 4. The van der Waals surface area contributed by atoms with Gasteiger partial charge in [-0.3, -0.25) is 0 Å². The first-order valence-corrected chi connectivity index (χ1v) is 8.80. The maximum Gasteiger partial charge on any atom is 0.0447 e. The molecule has 0 spiro atoms. The van der Waals surface area contributed by atoms with E-state index in [1.165, 1.54) is 0 Å². The van der Waals surface area contributed by atoms with Crippen LogP contribution >= 0.6 is 0 Å². The van der Waals surface area contributed by atoms with Gasteiger partial charge in [0.05, 0.1) is 0 Å². The van der Waals surface area contributed by atoms with Crippen LogP contribution in [0.5, 0.6) is 0 Å². The molecule has 0 aliphatic carbocycles. The maximum atomic E-state index is 9.05. The van der Waals surface area contributed by atoms with Crippen molar-refractivity contribution in [2.24, 2.45) is 0 Å². The molecule has 0 aromatic heterocycles. The highest BCUT2D eigenvalue weighted by molar-refractivity contribution is 5.56. The molecule has 0 aliphatic rings. The van der Waals surface area contributed by atoms with Gasteiger partial charge >= 0.3 is 0 Å². The van der Waals surface area contributed by atoms with Gasteiger partial charge in [0.2, 0.25) is 0 Å². The number of benzene rings is 1. The second-order valence-corrected chi connectivity index (χ2v) is 5.80. The molecule has 0 heterocycles. The third-order valence-corrected chi connectivity index (χ3v) is 3.92. The van der Waals surface area contributed by atoms with E-state index in [1.54, 1.807) is 0 Å². The van der Waals surface area contributed by atoms with Crippen molar-refractivity contribution in [3.05, 3.63) is 24.3 Å². The number of rotatable bonds is 14. The quantitative estimate of drug-likeness (QED) is 0.401. The molecular weight excluding hydrogens is 308 g/mol. The summed E-state index contributed by atoms with van der Waals surface area (Å²) in [5, 5.41) is 36.2. The number of hydrogen-bond donors (Lipinski definition) is 4. The molecule has 6 heteroatoms. The zero-order valence-electron chi connectivity index (χ0n) is 14.5. The van der Waals surface area contributed by atoms with Crippen LogP contribution in [-0.2, 0) is 0 Å². The Morgan fingerprint density at radius 3 is 0.958 bits per heavy atom. The van der Waals surface area contributed by atoms with E-state index in [9.17, 15) is 0 Å². The summed E-state index contributed by atoms with van der Waals surface area (Å²) in [5.74, 6) is 0. The molecule has 0 saturated carbocycles. The van der Waals surface area contributed by atoms with E-state index in [-0.39, 0.29) is 26.4 Å². The summed E-state index contributed by atoms with van der Waals surface area (Å²) in [6.07, 6.45) is 2.80. The van der Waals surface area contributed by atoms with Crippen molar-refractivity contribution in [2.75, 3.05) is 62.4 Å². The monoisotopic (exact) mass is 340 g/mol. The SMILES string of the molecule is OCCCN(CCCO)c1ccc(N(CCCO)CCCO)cc1. The molecule has 0 fully saturated rings. The van der Waals surface area contributed by atoms with E-state index in [4.69, 9.17) is 20.4 Å². The summed E-state index contributed by atoms with van der Waals surface area (Å²) in [6, 6.07) is 8.20. The van der Waals surface area contributed by atoms with E-state index in [0.717, 1.165) is 37.6 Å². The second kappa shape index (κ2) is 13.0. The largest absolute Gasteiger partial charge is 0.396 e. The first kappa shape index (κ1) is 20.7. The summed E-state index contributed by atoms with van der Waals surface area (Å²) >= 11 is 0. The number of anilines is 2. The fourth-order valence-electron chi connectivity index (χ4n) is 2.66. The van der Waals surface area contributed by atoms with Gasteiger partial charge in [-0.2, -0.15) is 0 Å². The minimum Gasteiger partial charge on any atom is -0.396 e. The van der Waals surface area contributed by atoms with Crippen LogP contribution in [0.2, 0.25) is 0 Å². The van der Waals surface area contributed by atoms with E-state index < -0.39 is 0 Å². The highest BCUT2D eigenvalue weighted by Crippen LogP contribution is 2.22. The predicted molar refractivity (Wildman–Crippen MR) is 97.7 cm³/mol. The standard InChI is InChI=1S/C18H32N2O4/c21-13-1-9-19(10-2-14-22)17-5-7-18(8-6-17)20(11-3-15-23)12-4-16-24/h5-8,21-24H,1-4,9-16H2. The summed E-state index contributed by atoms with van der Waals surface area (Å²) in [6.45, 7) is 3.66. The Morgan fingerprint density at radius 1 is 0.500 bits per heavy atom. The zero-order chi connectivity index (χ0) is 17.6. The van der Waals surface area contributed by atoms with Gasteiger partial charge in [-0.25, -0.2) is 0 Å². The van der Waals surface area contributed by atoms with E-state index in [0.29, 0.717) is 25.7 Å². The molecule has 4 N–H and O–H groups in total. The minimum atomic E-state index is 0.157. The van der Waals surface area contributed by atoms with E-state index in [1.807, 2.05) is 0 Å². The van der Waals surface area contributed by atoms with Gasteiger partial charge in [0.1, 0.15) is 0 Å². The Hall–Kier alpha value is -1.34. The van der Waals surface area contributed by atoms with Crippen molar-refractivity contribution in [1.82, 2.24) is 0 Å². The summed E-state index contributed by atoms with van der Waals surface area (Å²) in [4.78, 5) is 4.34. The van der Waals surface area contributed by atoms with Crippen LogP contribution in [0.4, 0.5) is 11.4 Å². The molecule has 1 aromatic rings. The van der Waals surface area contributed by atoms with Crippen LogP contribution in [0.1, 0.15) is 25.7 Å². The Balaban J connectivity index is 2.77. The fourth-order valence-corrected chi connectivity index (χ4v) is 2.66. The number of nitrogens with zero attached hydrogens (tertiary/aromatic N) is 2. The lowest BCUT2D eigenvalue weighted by Crippen LogP contribution is -2.28. The molecule has 1 rings (SSSR count). The molecule has 0 amide bonds. The van der Waals surface area contributed by atoms with Gasteiger partial charge in [-0.15, -0.1) is 0 Å². The highest BCUT2D eigenvalue weighted by atomic mass is 16.3. The van der Waals surface area contributed by atoms with E-state index in [2.05, 4.69) is 34.1 Å². The number of aliphatic hydroxyl groups is 4. The van der Waals surface area contributed by atoms with Gasteiger partial charge in [0.15, 0.2) is 0 Å². The molecule has 0 saturated heterocycles. The molecule has 0 bridgehead atoms. The Kier molecular flexibility index (Phi) is 11.2. The Labute approximate surface area is 145 Å². The van der Waals surface area contributed by atoms with Crippen molar-refractivity contribution in [2.45, 2.75) is 25.7 Å². The van der Waals surface area contributed by atoms with Gasteiger partial charge < -0.3 is 30.2 Å². The smallest absolute Gasteiger partial charge is 0.0447 e. The first-order valence-electron chi connectivity index (χ1n) is 8.80. The third-order valence-electron chi connectivity index (χ3n) is 3.92. The lowest BCUT2D eigenvalue weighted by Gasteiger charge is -2.27. The fraction of sp³-hybridized carbons (Fsp3) is 0.667. The van der Waals surface area contributed by atoms with Crippen LogP contribution in [0.3, 0.4) is 0 Å². The molecule has 0 atom stereocenters. The average molecular weight is 340 g/mol. The van der Waals surface area contributed by atoms with Crippen LogP contribution in [-0.4, -0.2) is 73.0 Å². The number of hydrogen-bond acceptors (Lipinski definition) is 6. The normalized spacial score (nSPS) is 10.8.